The number of halogens is 3. The van der Waals surface area contributed by atoms with Crippen LogP contribution in [0.2, 0.25) is 0 Å². The Kier molecular flexibility index (Phi) is 3.99. The second-order valence-electron chi connectivity index (χ2n) is 5.07. The molecule has 0 aliphatic rings. The molecule has 0 radical (unpaired) electrons. The van der Waals surface area contributed by atoms with Gasteiger partial charge in [0.25, 0.3) is 5.91 Å². The zero-order valence-corrected chi connectivity index (χ0v) is 12.6. The molecule has 9 heteroatoms. The summed E-state index contributed by atoms with van der Waals surface area (Å²) >= 11 is 0. The van der Waals surface area contributed by atoms with E-state index < -0.39 is 23.8 Å². The minimum atomic E-state index is -4.55. The number of carbonyl (C=O) groups is 1. The molecule has 0 saturated heterocycles. The standard InChI is InChI=1S/C13H16F3N5O/c1-7(9-6-20(3)18-8(9)2)17-12(22)10-5-11(13(14,15)16)21(4)19-10/h5-7H,1-4H3,(H,17,22). The quantitative estimate of drug-likeness (QED) is 0.942. The summed E-state index contributed by atoms with van der Waals surface area (Å²) in [4.78, 5) is 12.1. The van der Waals surface area contributed by atoms with Crippen LogP contribution in [0.25, 0.3) is 0 Å². The first-order valence-corrected chi connectivity index (χ1v) is 6.52. The maximum atomic E-state index is 12.7. The van der Waals surface area contributed by atoms with E-state index in [0.29, 0.717) is 4.68 Å². The number of rotatable bonds is 3. The minimum Gasteiger partial charge on any atom is -0.344 e. The second kappa shape index (κ2) is 5.47. The first-order chi connectivity index (χ1) is 10.1. The van der Waals surface area contributed by atoms with Crippen molar-refractivity contribution in [1.29, 1.82) is 0 Å². The van der Waals surface area contributed by atoms with Crippen molar-refractivity contribution in [2.24, 2.45) is 14.1 Å². The number of carbonyl (C=O) groups excluding carboxylic acids is 1. The summed E-state index contributed by atoms with van der Waals surface area (Å²) in [6.07, 6.45) is -2.80. The average molecular weight is 315 g/mol. The van der Waals surface area contributed by atoms with E-state index in [1.54, 1.807) is 31.8 Å². The van der Waals surface area contributed by atoms with Gasteiger partial charge in [0.2, 0.25) is 0 Å². The molecular formula is C13H16F3N5O. The number of alkyl halides is 3. The van der Waals surface area contributed by atoms with Gasteiger partial charge in [-0.05, 0) is 13.8 Å². The predicted molar refractivity (Wildman–Crippen MR) is 72.0 cm³/mol. The molecule has 0 fully saturated rings. The third-order valence-electron chi connectivity index (χ3n) is 3.27. The van der Waals surface area contributed by atoms with Crippen LogP contribution in [0, 0.1) is 6.92 Å². The van der Waals surface area contributed by atoms with Crippen LogP contribution < -0.4 is 5.32 Å². The molecule has 2 rings (SSSR count). The Morgan fingerprint density at radius 2 is 1.95 bits per heavy atom. The van der Waals surface area contributed by atoms with Crippen molar-refractivity contribution in [2.45, 2.75) is 26.1 Å². The van der Waals surface area contributed by atoms with Crippen molar-refractivity contribution in [1.82, 2.24) is 24.9 Å². The van der Waals surface area contributed by atoms with Crippen LogP contribution in [0.5, 0.6) is 0 Å². The molecule has 120 valence electrons. The molecule has 2 heterocycles. The molecule has 0 aliphatic heterocycles. The van der Waals surface area contributed by atoms with E-state index in [-0.39, 0.29) is 5.69 Å². The van der Waals surface area contributed by atoms with Gasteiger partial charge in [0.1, 0.15) is 5.69 Å². The first-order valence-electron chi connectivity index (χ1n) is 6.52. The van der Waals surface area contributed by atoms with Crippen molar-refractivity contribution in [3.8, 4) is 0 Å². The number of nitrogens with one attached hydrogen (secondary N) is 1. The van der Waals surface area contributed by atoms with E-state index in [9.17, 15) is 18.0 Å². The van der Waals surface area contributed by atoms with Crippen LogP contribution in [0.1, 0.15) is 40.4 Å². The molecule has 1 amide bonds. The van der Waals surface area contributed by atoms with Crippen LogP contribution in [-0.4, -0.2) is 25.5 Å². The van der Waals surface area contributed by atoms with Crippen molar-refractivity contribution >= 4 is 5.91 Å². The third-order valence-corrected chi connectivity index (χ3v) is 3.27. The van der Waals surface area contributed by atoms with Gasteiger partial charge in [-0.1, -0.05) is 0 Å². The molecule has 0 aliphatic carbocycles. The second-order valence-corrected chi connectivity index (χ2v) is 5.07. The van der Waals surface area contributed by atoms with E-state index in [1.165, 1.54) is 0 Å². The smallest absolute Gasteiger partial charge is 0.344 e. The largest absolute Gasteiger partial charge is 0.433 e. The number of amides is 1. The van der Waals surface area contributed by atoms with Crippen molar-refractivity contribution < 1.29 is 18.0 Å². The molecule has 2 aromatic heterocycles. The van der Waals surface area contributed by atoms with Crippen molar-refractivity contribution in [3.05, 3.63) is 34.9 Å². The molecule has 22 heavy (non-hydrogen) atoms. The van der Waals surface area contributed by atoms with Crippen LogP contribution in [0.4, 0.5) is 13.2 Å². The van der Waals surface area contributed by atoms with Gasteiger partial charge in [-0.3, -0.25) is 14.2 Å². The Morgan fingerprint density at radius 3 is 2.41 bits per heavy atom. The Hall–Kier alpha value is -2.32. The van der Waals surface area contributed by atoms with Crippen molar-refractivity contribution in [3.63, 3.8) is 0 Å². The van der Waals surface area contributed by atoms with E-state index >= 15 is 0 Å². The highest BCUT2D eigenvalue weighted by Crippen LogP contribution is 2.29. The summed E-state index contributed by atoms with van der Waals surface area (Å²) in [5.41, 5.74) is 0.293. The zero-order chi connectivity index (χ0) is 16.7. The highest BCUT2D eigenvalue weighted by molar-refractivity contribution is 5.92. The van der Waals surface area contributed by atoms with E-state index in [4.69, 9.17) is 0 Å². The SMILES string of the molecule is Cc1nn(C)cc1C(C)NC(=O)c1cc(C(F)(F)F)n(C)n1. The van der Waals surface area contributed by atoms with Gasteiger partial charge >= 0.3 is 6.18 Å². The molecule has 6 nitrogen and oxygen atoms in total. The lowest BCUT2D eigenvalue weighted by atomic mass is 10.1. The summed E-state index contributed by atoms with van der Waals surface area (Å²) in [6.45, 7) is 3.52. The van der Waals surface area contributed by atoms with E-state index in [0.717, 1.165) is 24.4 Å². The Labute approximate surface area is 124 Å². The molecule has 1 unspecified atom stereocenters. The van der Waals surface area contributed by atoms with E-state index in [1.807, 2.05) is 0 Å². The summed E-state index contributed by atoms with van der Waals surface area (Å²) in [7, 11) is 2.90. The summed E-state index contributed by atoms with van der Waals surface area (Å²) in [5, 5.41) is 10.4. The lowest BCUT2D eigenvalue weighted by Crippen LogP contribution is -2.27. The highest BCUT2D eigenvalue weighted by Gasteiger charge is 2.35. The number of aromatic nitrogens is 4. The number of nitrogens with zero attached hydrogens (tertiary/aromatic N) is 4. The van der Waals surface area contributed by atoms with Gasteiger partial charge in [0.15, 0.2) is 5.69 Å². The fourth-order valence-corrected chi connectivity index (χ4v) is 2.23. The number of hydrogen-bond donors (Lipinski definition) is 1. The molecule has 0 saturated carbocycles. The molecular weight excluding hydrogens is 299 g/mol. The average Bonchev–Trinajstić information content (AvgIpc) is 2.91. The Bertz CT molecular complexity index is 701. The van der Waals surface area contributed by atoms with Gasteiger partial charge in [-0.15, -0.1) is 0 Å². The van der Waals surface area contributed by atoms with Crippen LogP contribution in [0.3, 0.4) is 0 Å². The summed E-state index contributed by atoms with van der Waals surface area (Å²) in [6, 6.07) is 0.343. The summed E-state index contributed by atoms with van der Waals surface area (Å²) < 4.78 is 40.4. The maximum absolute atomic E-state index is 12.7. The highest BCUT2D eigenvalue weighted by atomic mass is 19.4. The molecule has 1 N–H and O–H groups in total. The Balaban J connectivity index is 2.18. The zero-order valence-electron chi connectivity index (χ0n) is 12.6. The van der Waals surface area contributed by atoms with Gasteiger partial charge in [0, 0.05) is 31.9 Å². The van der Waals surface area contributed by atoms with Crippen molar-refractivity contribution in [2.75, 3.05) is 0 Å². The van der Waals surface area contributed by atoms with Gasteiger partial charge in [-0.25, -0.2) is 0 Å². The van der Waals surface area contributed by atoms with Crippen LogP contribution >= 0.6 is 0 Å². The molecule has 0 spiro atoms. The van der Waals surface area contributed by atoms with Gasteiger partial charge in [0.05, 0.1) is 11.7 Å². The minimum absolute atomic E-state index is 0.275. The normalized spacial score (nSPS) is 13.2. The van der Waals surface area contributed by atoms with Crippen LogP contribution in [-0.2, 0) is 20.3 Å². The lowest BCUT2D eigenvalue weighted by Gasteiger charge is -2.11. The van der Waals surface area contributed by atoms with Crippen LogP contribution in [0.15, 0.2) is 12.3 Å². The monoisotopic (exact) mass is 315 g/mol. The predicted octanol–water partition coefficient (Wildman–Crippen LogP) is 1.97. The first kappa shape index (κ1) is 16.1. The molecule has 0 aromatic carbocycles. The third kappa shape index (κ3) is 3.12. The Morgan fingerprint density at radius 1 is 1.32 bits per heavy atom. The molecule has 1 atom stereocenters. The fraction of sp³-hybridized carbons (Fsp3) is 0.462. The fourth-order valence-electron chi connectivity index (χ4n) is 2.23. The molecule has 0 bridgehead atoms. The van der Waals surface area contributed by atoms with Gasteiger partial charge in [-0.2, -0.15) is 23.4 Å². The number of aryl methyl sites for hydroxylation is 3. The number of hydrogen-bond acceptors (Lipinski definition) is 3. The summed E-state index contributed by atoms with van der Waals surface area (Å²) in [5.74, 6) is -0.665. The lowest BCUT2D eigenvalue weighted by molar-refractivity contribution is -0.143. The topological polar surface area (TPSA) is 64.7 Å². The van der Waals surface area contributed by atoms with Gasteiger partial charge < -0.3 is 5.32 Å². The molecule has 2 aromatic rings. The van der Waals surface area contributed by atoms with E-state index in [2.05, 4.69) is 15.5 Å². The maximum Gasteiger partial charge on any atom is 0.433 e.